The van der Waals surface area contributed by atoms with E-state index in [1.807, 2.05) is 37.3 Å². The molecule has 0 aromatic heterocycles. The first-order valence-electron chi connectivity index (χ1n) is 9.33. The first-order valence-corrected chi connectivity index (χ1v) is 9.33. The number of hydrogen-bond donors (Lipinski definition) is 1. The highest BCUT2D eigenvalue weighted by atomic mass is 16.5. The highest BCUT2D eigenvalue weighted by Crippen LogP contribution is 2.26. The van der Waals surface area contributed by atoms with Gasteiger partial charge in [-0.05, 0) is 67.4 Å². The lowest BCUT2D eigenvalue weighted by atomic mass is 10.1. The van der Waals surface area contributed by atoms with Gasteiger partial charge in [0.15, 0.2) is 0 Å². The minimum Gasteiger partial charge on any atom is -0.496 e. The fourth-order valence-corrected chi connectivity index (χ4v) is 2.94. The summed E-state index contributed by atoms with van der Waals surface area (Å²) in [7, 11) is 3.17. The minimum absolute atomic E-state index is 0.232. The molecule has 150 valence electrons. The number of carbonyl (C=O) groups is 1. The summed E-state index contributed by atoms with van der Waals surface area (Å²) in [5, 5.41) is 2.88. The molecule has 0 aliphatic rings. The van der Waals surface area contributed by atoms with Crippen molar-refractivity contribution in [3.8, 4) is 17.2 Å². The van der Waals surface area contributed by atoms with E-state index in [-0.39, 0.29) is 5.91 Å². The maximum atomic E-state index is 12.7. The number of hydrogen-bond acceptors (Lipinski definition) is 4. The van der Waals surface area contributed by atoms with Gasteiger partial charge in [-0.2, -0.15) is 0 Å². The third-order valence-corrected chi connectivity index (χ3v) is 4.77. The Morgan fingerprint density at radius 1 is 0.862 bits per heavy atom. The van der Waals surface area contributed by atoms with Gasteiger partial charge in [0.1, 0.15) is 23.9 Å². The number of aryl methyl sites for hydroxylation is 2. The Kier molecular flexibility index (Phi) is 6.39. The molecule has 0 spiro atoms. The summed E-state index contributed by atoms with van der Waals surface area (Å²) in [5.74, 6) is 1.82. The van der Waals surface area contributed by atoms with Crippen molar-refractivity contribution in [1.29, 1.82) is 0 Å². The first kappa shape index (κ1) is 20.3. The molecule has 0 heterocycles. The zero-order valence-electron chi connectivity index (χ0n) is 17.1. The zero-order chi connectivity index (χ0) is 20.8. The molecule has 3 rings (SSSR count). The average Bonchev–Trinajstić information content (AvgIpc) is 2.74. The quantitative estimate of drug-likeness (QED) is 0.605. The summed E-state index contributed by atoms with van der Waals surface area (Å²) < 4.78 is 16.7. The molecule has 1 N–H and O–H groups in total. The van der Waals surface area contributed by atoms with Crippen LogP contribution in [0.2, 0.25) is 0 Å². The molecule has 29 heavy (non-hydrogen) atoms. The molecule has 3 aromatic rings. The SMILES string of the molecule is COc1ccc(C(=O)Nc2ccccc2OC)cc1COc1ccc(C)c(C)c1. The zero-order valence-corrected chi connectivity index (χ0v) is 17.1. The number of nitrogens with one attached hydrogen (secondary N) is 1. The molecule has 1 amide bonds. The summed E-state index contributed by atoms with van der Waals surface area (Å²) in [6, 6.07) is 18.5. The van der Waals surface area contributed by atoms with Crippen molar-refractivity contribution in [2.24, 2.45) is 0 Å². The van der Waals surface area contributed by atoms with E-state index in [1.54, 1.807) is 44.6 Å². The van der Waals surface area contributed by atoms with Crippen LogP contribution < -0.4 is 19.5 Å². The van der Waals surface area contributed by atoms with Crippen LogP contribution in [0, 0.1) is 13.8 Å². The minimum atomic E-state index is -0.232. The number of carbonyl (C=O) groups excluding carboxylic acids is 1. The van der Waals surface area contributed by atoms with Gasteiger partial charge in [-0.15, -0.1) is 0 Å². The lowest BCUT2D eigenvalue weighted by molar-refractivity contribution is 0.102. The van der Waals surface area contributed by atoms with E-state index in [1.165, 1.54) is 11.1 Å². The largest absolute Gasteiger partial charge is 0.496 e. The Balaban J connectivity index is 1.78. The van der Waals surface area contributed by atoms with Crippen LogP contribution in [-0.2, 0) is 6.61 Å². The lowest BCUT2D eigenvalue weighted by Gasteiger charge is -2.14. The molecular weight excluding hydrogens is 366 g/mol. The summed E-state index contributed by atoms with van der Waals surface area (Å²) in [4.78, 5) is 12.7. The van der Waals surface area contributed by atoms with Crippen LogP contribution in [0.1, 0.15) is 27.0 Å². The third-order valence-electron chi connectivity index (χ3n) is 4.77. The average molecular weight is 391 g/mol. The second kappa shape index (κ2) is 9.15. The van der Waals surface area contributed by atoms with Crippen LogP contribution in [0.5, 0.6) is 17.2 Å². The number of para-hydroxylation sites is 2. The van der Waals surface area contributed by atoms with Crippen molar-refractivity contribution >= 4 is 11.6 Å². The van der Waals surface area contributed by atoms with Crippen molar-refractivity contribution in [3.05, 3.63) is 82.9 Å². The van der Waals surface area contributed by atoms with Crippen molar-refractivity contribution in [1.82, 2.24) is 0 Å². The Morgan fingerprint density at radius 3 is 2.34 bits per heavy atom. The maximum absolute atomic E-state index is 12.7. The molecule has 3 aromatic carbocycles. The summed E-state index contributed by atoms with van der Waals surface area (Å²) >= 11 is 0. The van der Waals surface area contributed by atoms with E-state index >= 15 is 0 Å². The van der Waals surface area contributed by atoms with Crippen LogP contribution in [-0.4, -0.2) is 20.1 Å². The molecule has 0 saturated heterocycles. The second-order valence-corrected chi connectivity index (χ2v) is 6.72. The van der Waals surface area contributed by atoms with E-state index in [4.69, 9.17) is 14.2 Å². The lowest BCUT2D eigenvalue weighted by Crippen LogP contribution is -2.13. The molecule has 0 bridgehead atoms. The molecule has 5 heteroatoms. The summed E-state index contributed by atoms with van der Waals surface area (Å²) in [6.07, 6.45) is 0. The second-order valence-electron chi connectivity index (χ2n) is 6.72. The molecule has 0 atom stereocenters. The number of benzene rings is 3. The predicted octanol–water partition coefficient (Wildman–Crippen LogP) is 5.15. The van der Waals surface area contributed by atoms with Crippen LogP contribution in [0.3, 0.4) is 0 Å². The van der Waals surface area contributed by atoms with Crippen molar-refractivity contribution in [3.63, 3.8) is 0 Å². The van der Waals surface area contributed by atoms with Gasteiger partial charge in [0.05, 0.1) is 19.9 Å². The molecule has 0 saturated carbocycles. The normalized spacial score (nSPS) is 10.3. The monoisotopic (exact) mass is 391 g/mol. The van der Waals surface area contributed by atoms with Crippen molar-refractivity contribution in [2.45, 2.75) is 20.5 Å². The number of ether oxygens (including phenoxy) is 3. The highest BCUT2D eigenvalue weighted by molar-refractivity contribution is 6.05. The smallest absolute Gasteiger partial charge is 0.255 e. The topological polar surface area (TPSA) is 56.8 Å². The van der Waals surface area contributed by atoms with Crippen LogP contribution in [0.4, 0.5) is 5.69 Å². The number of amides is 1. The van der Waals surface area contributed by atoms with Crippen molar-refractivity contribution in [2.75, 3.05) is 19.5 Å². The van der Waals surface area contributed by atoms with Crippen LogP contribution in [0.25, 0.3) is 0 Å². The molecule has 0 unspecified atom stereocenters. The standard InChI is InChI=1S/C24H25NO4/c1-16-9-11-20(13-17(16)2)29-15-19-14-18(10-12-22(19)27-3)24(26)25-21-7-5-6-8-23(21)28-4/h5-14H,15H2,1-4H3,(H,25,26). The van der Waals surface area contributed by atoms with Gasteiger partial charge in [0.2, 0.25) is 0 Å². The Hall–Kier alpha value is -3.47. The van der Waals surface area contributed by atoms with Gasteiger partial charge in [0, 0.05) is 11.1 Å². The maximum Gasteiger partial charge on any atom is 0.255 e. The first-order chi connectivity index (χ1) is 14.0. The number of anilines is 1. The van der Waals surface area contributed by atoms with Crippen LogP contribution in [0.15, 0.2) is 60.7 Å². The van der Waals surface area contributed by atoms with Gasteiger partial charge in [-0.3, -0.25) is 4.79 Å². The van der Waals surface area contributed by atoms with Gasteiger partial charge in [-0.1, -0.05) is 18.2 Å². The van der Waals surface area contributed by atoms with Crippen LogP contribution >= 0.6 is 0 Å². The van der Waals surface area contributed by atoms with E-state index < -0.39 is 0 Å². The Bertz CT molecular complexity index is 1010. The van der Waals surface area contributed by atoms with Crippen molar-refractivity contribution < 1.29 is 19.0 Å². The summed E-state index contributed by atoms with van der Waals surface area (Å²) in [6.45, 7) is 4.40. The third kappa shape index (κ3) is 4.88. The fourth-order valence-electron chi connectivity index (χ4n) is 2.94. The van der Waals surface area contributed by atoms with Gasteiger partial charge >= 0.3 is 0 Å². The number of rotatable bonds is 7. The number of methoxy groups -OCH3 is 2. The van der Waals surface area contributed by atoms with E-state index in [9.17, 15) is 4.79 Å². The van der Waals surface area contributed by atoms with E-state index in [0.717, 1.165) is 11.3 Å². The molecule has 5 nitrogen and oxygen atoms in total. The highest BCUT2D eigenvalue weighted by Gasteiger charge is 2.13. The predicted molar refractivity (Wildman–Crippen MR) is 114 cm³/mol. The van der Waals surface area contributed by atoms with E-state index in [2.05, 4.69) is 12.2 Å². The molecule has 0 aliphatic heterocycles. The fraction of sp³-hybridized carbons (Fsp3) is 0.208. The Labute approximate surface area is 171 Å². The van der Waals surface area contributed by atoms with Gasteiger partial charge in [-0.25, -0.2) is 0 Å². The Morgan fingerprint density at radius 2 is 1.62 bits per heavy atom. The molecule has 0 fully saturated rings. The molecule has 0 aliphatic carbocycles. The van der Waals surface area contributed by atoms with E-state index in [0.29, 0.717) is 29.4 Å². The molecular formula is C24H25NO4. The summed E-state index contributed by atoms with van der Waals surface area (Å²) in [5.41, 5.74) is 4.29. The van der Waals surface area contributed by atoms with Gasteiger partial charge in [0.25, 0.3) is 5.91 Å². The van der Waals surface area contributed by atoms with Gasteiger partial charge < -0.3 is 19.5 Å². The molecule has 0 radical (unpaired) electrons.